The molecule has 0 aliphatic heterocycles. The molecule has 0 radical (unpaired) electrons. The maximum absolute atomic E-state index is 2.49. The third-order valence-corrected chi connectivity index (χ3v) is 6.91. The zero-order valence-corrected chi connectivity index (χ0v) is 20.8. The number of benzene rings is 4. The molecule has 0 aliphatic carbocycles. The quantitative estimate of drug-likeness (QED) is 0.257. The lowest BCUT2D eigenvalue weighted by atomic mass is 9.82. The van der Waals surface area contributed by atoms with E-state index in [-0.39, 0.29) is 5.92 Å². The molecule has 172 valence electrons. The predicted octanol–water partition coefficient (Wildman–Crippen LogP) is 7.13. The van der Waals surface area contributed by atoms with E-state index in [1.807, 2.05) is 0 Å². The van der Waals surface area contributed by atoms with Crippen LogP contribution in [0.4, 0.5) is 11.4 Å². The Hall–Kier alpha value is -3.72. The Labute approximate surface area is 202 Å². The number of hydrogen-bond donors (Lipinski definition) is 0. The lowest BCUT2D eigenvalue weighted by Gasteiger charge is -2.29. The summed E-state index contributed by atoms with van der Waals surface area (Å²) in [7, 11) is 8.55. The van der Waals surface area contributed by atoms with Gasteiger partial charge in [-0.25, -0.2) is 0 Å². The summed E-state index contributed by atoms with van der Waals surface area (Å²) in [6, 6.07) is 33.3. The highest BCUT2D eigenvalue weighted by Gasteiger charge is 2.27. The molecule has 3 nitrogen and oxygen atoms in total. The average molecular weight is 448 g/mol. The van der Waals surface area contributed by atoms with E-state index in [1.165, 1.54) is 49.9 Å². The van der Waals surface area contributed by atoms with Crippen molar-refractivity contribution in [2.45, 2.75) is 19.4 Å². The fourth-order valence-corrected chi connectivity index (χ4v) is 5.48. The molecular weight excluding hydrogens is 414 g/mol. The fraction of sp³-hybridized carbons (Fsp3) is 0.226. The zero-order valence-electron chi connectivity index (χ0n) is 20.8. The van der Waals surface area contributed by atoms with E-state index < -0.39 is 0 Å². The smallest absolute Gasteiger partial charge is 0.0533 e. The van der Waals surface area contributed by atoms with Gasteiger partial charge in [0.05, 0.1) is 5.52 Å². The number of anilines is 2. The molecular formula is C31H33N3. The number of nitrogens with zero attached hydrogens (tertiary/aromatic N) is 3. The first kappa shape index (κ1) is 22.1. The van der Waals surface area contributed by atoms with Crippen LogP contribution >= 0.6 is 0 Å². The first-order valence-electron chi connectivity index (χ1n) is 12.0. The Morgan fingerprint density at radius 1 is 0.588 bits per heavy atom. The van der Waals surface area contributed by atoms with Crippen molar-refractivity contribution in [3.05, 3.63) is 108 Å². The van der Waals surface area contributed by atoms with Gasteiger partial charge in [-0.2, -0.15) is 0 Å². The third kappa shape index (κ3) is 3.52. The monoisotopic (exact) mass is 447 g/mol. The van der Waals surface area contributed by atoms with Crippen LogP contribution in [0.25, 0.3) is 21.8 Å². The van der Waals surface area contributed by atoms with E-state index in [4.69, 9.17) is 0 Å². The van der Waals surface area contributed by atoms with Gasteiger partial charge in [0, 0.05) is 68.3 Å². The zero-order chi connectivity index (χ0) is 23.8. The van der Waals surface area contributed by atoms with Crippen LogP contribution in [0.15, 0.2) is 91.0 Å². The molecule has 0 bridgehead atoms. The molecule has 0 spiro atoms. The van der Waals surface area contributed by atoms with Crippen molar-refractivity contribution in [1.29, 1.82) is 0 Å². The summed E-state index contributed by atoms with van der Waals surface area (Å²) >= 11 is 0. The van der Waals surface area contributed by atoms with Gasteiger partial charge in [0.15, 0.2) is 0 Å². The van der Waals surface area contributed by atoms with Crippen LogP contribution in [-0.2, 0) is 6.54 Å². The van der Waals surface area contributed by atoms with Gasteiger partial charge >= 0.3 is 0 Å². The summed E-state index contributed by atoms with van der Waals surface area (Å²) in [5, 5.41) is 2.64. The Balaban J connectivity index is 1.92. The minimum Gasteiger partial charge on any atom is -0.377 e. The second-order valence-electron chi connectivity index (χ2n) is 9.34. The van der Waals surface area contributed by atoms with Gasteiger partial charge in [0.25, 0.3) is 0 Å². The Morgan fingerprint density at radius 2 is 1.09 bits per heavy atom. The first-order valence-corrected chi connectivity index (χ1v) is 12.0. The highest BCUT2D eigenvalue weighted by Crippen LogP contribution is 2.44. The molecule has 1 aromatic heterocycles. The molecule has 1 heterocycles. The summed E-state index contributed by atoms with van der Waals surface area (Å²) in [6.07, 6.45) is 0. The summed E-state index contributed by atoms with van der Waals surface area (Å²) in [5.41, 5.74) is 9.12. The lowest BCUT2D eigenvalue weighted by molar-refractivity contribution is 0.817. The van der Waals surface area contributed by atoms with Gasteiger partial charge in [-0.05, 0) is 41.8 Å². The van der Waals surface area contributed by atoms with E-state index in [2.05, 4.69) is 140 Å². The minimum atomic E-state index is 0.0931. The number of fused-ring (bicyclic) bond motifs is 3. The van der Waals surface area contributed by atoms with E-state index >= 15 is 0 Å². The Bertz CT molecular complexity index is 1410. The molecule has 0 fully saturated rings. The number of para-hydroxylation sites is 4. The standard InChI is InChI=1S/C31H33N3/c1-6-34-29-21-12-7-14-22(29)23-17-13-18-26(31(23)34)30(24-15-8-10-19-27(24)32(2)3)25-16-9-11-20-28(25)33(4)5/h7-21,30H,6H2,1-5H3. The van der Waals surface area contributed by atoms with Gasteiger partial charge in [-0.1, -0.05) is 72.8 Å². The molecule has 0 saturated carbocycles. The molecule has 0 atom stereocenters. The number of hydrogen-bond acceptors (Lipinski definition) is 2. The molecule has 0 saturated heterocycles. The molecule has 0 aliphatic rings. The highest BCUT2D eigenvalue weighted by atomic mass is 15.1. The fourth-order valence-electron chi connectivity index (χ4n) is 5.48. The first-order chi connectivity index (χ1) is 16.5. The maximum Gasteiger partial charge on any atom is 0.0533 e. The largest absolute Gasteiger partial charge is 0.377 e. The van der Waals surface area contributed by atoms with Gasteiger partial charge < -0.3 is 14.4 Å². The van der Waals surface area contributed by atoms with Crippen LogP contribution in [0, 0.1) is 0 Å². The molecule has 3 heteroatoms. The second kappa shape index (κ2) is 8.90. The summed E-state index contributed by atoms with van der Waals surface area (Å²) < 4.78 is 2.49. The SMILES string of the molecule is CCn1c2ccccc2c2cccc(C(c3ccccc3N(C)C)c3ccccc3N(C)C)c21. The highest BCUT2D eigenvalue weighted by molar-refractivity contribution is 6.09. The molecule has 4 aromatic carbocycles. The Morgan fingerprint density at radius 3 is 1.68 bits per heavy atom. The average Bonchev–Trinajstić information content (AvgIpc) is 3.19. The predicted molar refractivity (Wildman–Crippen MR) is 148 cm³/mol. The van der Waals surface area contributed by atoms with E-state index in [0.717, 1.165) is 6.54 Å². The number of aromatic nitrogens is 1. The normalized spacial score (nSPS) is 11.5. The molecule has 0 unspecified atom stereocenters. The molecule has 0 amide bonds. The number of rotatable bonds is 6. The molecule has 0 N–H and O–H groups in total. The van der Waals surface area contributed by atoms with Crippen molar-refractivity contribution in [3.8, 4) is 0 Å². The van der Waals surface area contributed by atoms with Crippen LogP contribution in [-0.4, -0.2) is 32.8 Å². The van der Waals surface area contributed by atoms with Crippen molar-refractivity contribution in [1.82, 2.24) is 4.57 Å². The molecule has 5 rings (SSSR count). The van der Waals surface area contributed by atoms with Crippen LogP contribution in [0.3, 0.4) is 0 Å². The van der Waals surface area contributed by atoms with Crippen molar-refractivity contribution in [2.75, 3.05) is 38.0 Å². The van der Waals surface area contributed by atoms with Gasteiger partial charge in [-0.3, -0.25) is 0 Å². The molecule has 5 aromatic rings. The van der Waals surface area contributed by atoms with Gasteiger partial charge in [0.2, 0.25) is 0 Å². The van der Waals surface area contributed by atoms with Crippen molar-refractivity contribution < 1.29 is 0 Å². The maximum atomic E-state index is 2.49. The van der Waals surface area contributed by atoms with Crippen LogP contribution in [0.2, 0.25) is 0 Å². The lowest BCUT2D eigenvalue weighted by Crippen LogP contribution is -2.18. The van der Waals surface area contributed by atoms with Crippen LogP contribution in [0.1, 0.15) is 29.5 Å². The van der Waals surface area contributed by atoms with Crippen molar-refractivity contribution in [2.24, 2.45) is 0 Å². The van der Waals surface area contributed by atoms with E-state index in [0.29, 0.717) is 0 Å². The third-order valence-electron chi connectivity index (χ3n) is 6.91. The summed E-state index contributed by atoms with van der Waals surface area (Å²) in [5.74, 6) is 0.0931. The minimum absolute atomic E-state index is 0.0931. The van der Waals surface area contributed by atoms with Crippen LogP contribution in [0.5, 0.6) is 0 Å². The van der Waals surface area contributed by atoms with Crippen molar-refractivity contribution >= 4 is 33.2 Å². The van der Waals surface area contributed by atoms with E-state index in [9.17, 15) is 0 Å². The summed E-state index contributed by atoms with van der Waals surface area (Å²) in [6.45, 7) is 3.18. The second-order valence-corrected chi connectivity index (χ2v) is 9.34. The number of aryl methyl sites for hydroxylation is 1. The van der Waals surface area contributed by atoms with Crippen LogP contribution < -0.4 is 9.80 Å². The van der Waals surface area contributed by atoms with Crippen molar-refractivity contribution in [3.63, 3.8) is 0 Å². The topological polar surface area (TPSA) is 11.4 Å². The van der Waals surface area contributed by atoms with Gasteiger partial charge in [-0.15, -0.1) is 0 Å². The molecule has 34 heavy (non-hydrogen) atoms. The summed E-state index contributed by atoms with van der Waals surface area (Å²) in [4.78, 5) is 4.46. The van der Waals surface area contributed by atoms with E-state index in [1.54, 1.807) is 0 Å². The Kier molecular flexibility index (Phi) is 5.79. The van der Waals surface area contributed by atoms with Gasteiger partial charge in [0.1, 0.15) is 0 Å².